The Morgan fingerprint density at radius 2 is 2.00 bits per heavy atom. The molecule has 0 aliphatic rings. The molecule has 0 atom stereocenters. The fourth-order valence-electron chi connectivity index (χ4n) is 0.997. The van der Waals surface area contributed by atoms with Gasteiger partial charge in [-0.05, 0) is 24.6 Å². The number of rotatable bonds is 4. The van der Waals surface area contributed by atoms with E-state index in [0.717, 1.165) is 12.1 Å². The van der Waals surface area contributed by atoms with Crippen LogP contribution in [0.15, 0.2) is 23.1 Å². The lowest BCUT2D eigenvalue weighted by atomic mass is 10.3. The molecule has 0 spiro atoms. The molecule has 84 valence electrons. The Hall–Kier alpha value is -1.01. The molecular weight excluding hydrogens is 224 g/mol. The second-order valence-electron chi connectivity index (χ2n) is 2.97. The van der Waals surface area contributed by atoms with E-state index in [0.29, 0.717) is 12.5 Å². The maximum Gasteiger partial charge on any atom is 0.243 e. The highest BCUT2D eigenvalue weighted by atomic mass is 32.2. The lowest BCUT2D eigenvalue weighted by molar-refractivity contribution is 0.545. The lowest BCUT2D eigenvalue weighted by Crippen LogP contribution is -2.25. The Morgan fingerprint density at radius 3 is 2.60 bits per heavy atom. The predicted molar refractivity (Wildman–Crippen MR) is 51.8 cm³/mol. The van der Waals surface area contributed by atoms with E-state index < -0.39 is 26.6 Å². The van der Waals surface area contributed by atoms with E-state index in [1.165, 1.54) is 0 Å². The van der Waals surface area contributed by atoms with Gasteiger partial charge in [0.15, 0.2) is 0 Å². The summed E-state index contributed by atoms with van der Waals surface area (Å²) in [5.41, 5.74) is 0. The third-order valence-electron chi connectivity index (χ3n) is 1.72. The van der Waals surface area contributed by atoms with Crippen molar-refractivity contribution in [3.63, 3.8) is 0 Å². The van der Waals surface area contributed by atoms with Gasteiger partial charge in [0.1, 0.15) is 16.5 Å². The van der Waals surface area contributed by atoms with Crippen LogP contribution in [0, 0.1) is 11.6 Å². The second kappa shape index (κ2) is 4.67. The zero-order valence-electron chi connectivity index (χ0n) is 8.13. The smallest absolute Gasteiger partial charge is 0.211 e. The van der Waals surface area contributed by atoms with Crippen molar-refractivity contribution >= 4 is 10.0 Å². The largest absolute Gasteiger partial charge is 0.243 e. The molecule has 0 saturated carbocycles. The highest BCUT2D eigenvalue weighted by molar-refractivity contribution is 7.89. The van der Waals surface area contributed by atoms with Crippen LogP contribution in [-0.4, -0.2) is 15.0 Å². The quantitative estimate of drug-likeness (QED) is 0.862. The zero-order chi connectivity index (χ0) is 11.5. The molecule has 0 amide bonds. The molecule has 0 heterocycles. The molecule has 1 aromatic carbocycles. The van der Waals surface area contributed by atoms with Gasteiger partial charge in [-0.1, -0.05) is 6.92 Å². The summed E-state index contributed by atoms with van der Waals surface area (Å²) < 4.78 is 50.9. The Kier molecular flexibility index (Phi) is 3.76. The average Bonchev–Trinajstić information content (AvgIpc) is 2.18. The first-order valence-electron chi connectivity index (χ1n) is 4.42. The number of nitrogens with one attached hydrogen (secondary N) is 1. The third-order valence-corrected chi connectivity index (χ3v) is 3.20. The molecular formula is C9H11F2NO2S. The van der Waals surface area contributed by atoms with Gasteiger partial charge in [-0.15, -0.1) is 0 Å². The van der Waals surface area contributed by atoms with E-state index in [1.807, 2.05) is 0 Å². The van der Waals surface area contributed by atoms with Gasteiger partial charge in [0, 0.05) is 6.54 Å². The highest BCUT2D eigenvalue weighted by Crippen LogP contribution is 2.15. The highest BCUT2D eigenvalue weighted by Gasteiger charge is 2.18. The van der Waals surface area contributed by atoms with E-state index in [-0.39, 0.29) is 6.54 Å². The molecule has 0 unspecified atom stereocenters. The van der Waals surface area contributed by atoms with Crippen LogP contribution in [-0.2, 0) is 10.0 Å². The van der Waals surface area contributed by atoms with Crippen LogP contribution in [0.2, 0.25) is 0 Å². The van der Waals surface area contributed by atoms with E-state index in [9.17, 15) is 17.2 Å². The molecule has 3 nitrogen and oxygen atoms in total. The first-order valence-corrected chi connectivity index (χ1v) is 5.90. The van der Waals surface area contributed by atoms with Crippen molar-refractivity contribution in [2.75, 3.05) is 6.54 Å². The van der Waals surface area contributed by atoms with E-state index in [1.54, 1.807) is 6.92 Å². The van der Waals surface area contributed by atoms with Gasteiger partial charge < -0.3 is 0 Å². The van der Waals surface area contributed by atoms with Gasteiger partial charge in [0.25, 0.3) is 0 Å². The molecule has 1 N–H and O–H groups in total. The number of sulfonamides is 1. The standard InChI is InChI=1S/C9H11F2NO2S/c1-2-5-12-15(13,14)9-6-7(10)3-4-8(9)11/h3-4,6,12H,2,5H2,1H3. The second-order valence-corrected chi connectivity index (χ2v) is 4.71. The topological polar surface area (TPSA) is 46.2 Å². The fourth-order valence-corrected chi connectivity index (χ4v) is 2.22. The van der Waals surface area contributed by atoms with Crippen molar-refractivity contribution in [3.05, 3.63) is 29.8 Å². The Balaban J connectivity index is 3.09. The van der Waals surface area contributed by atoms with Gasteiger partial charge in [0.05, 0.1) is 0 Å². The monoisotopic (exact) mass is 235 g/mol. The molecule has 15 heavy (non-hydrogen) atoms. The molecule has 0 aromatic heterocycles. The van der Waals surface area contributed by atoms with Crippen LogP contribution in [0.1, 0.15) is 13.3 Å². The third kappa shape index (κ3) is 2.97. The lowest BCUT2D eigenvalue weighted by Gasteiger charge is -2.06. The minimum absolute atomic E-state index is 0.193. The summed E-state index contributed by atoms with van der Waals surface area (Å²) in [6.07, 6.45) is 0.580. The van der Waals surface area contributed by atoms with Crippen molar-refractivity contribution in [2.24, 2.45) is 0 Å². The maximum atomic E-state index is 13.1. The molecule has 1 aromatic rings. The molecule has 0 aliphatic carbocycles. The van der Waals surface area contributed by atoms with Crippen LogP contribution >= 0.6 is 0 Å². The van der Waals surface area contributed by atoms with Crippen molar-refractivity contribution < 1.29 is 17.2 Å². The number of benzene rings is 1. The van der Waals surface area contributed by atoms with Crippen LogP contribution in [0.25, 0.3) is 0 Å². The van der Waals surface area contributed by atoms with E-state index in [2.05, 4.69) is 4.72 Å². The summed E-state index contributed by atoms with van der Waals surface area (Å²) in [6, 6.07) is 2.32. The first kappa shape index (κ1) is 12.1. The van der Waals surface area contributed by atoms with Crippen molar-refractivity contribution in [1.29, 1.82) is 0 Å². The van der Waals surface area contributed by atoms with Crippen molar-refractivity contribution in [3.8, 4) is 0 Å². The van der Waals surface area contributed by atoms with E-state index in [4.69, 9.17) is 0 Å². The summed E-state index contributed by atoms with van der Waals surface area (Å²) in [5, 5.41) is 0. The number of halogens is 2. The molecule has 0 saturated heterocycles. The van der Waals surface area contributed by atoms with Crippen LogP contribution < -0.4 is 4.72 Å². The minimum Gasteiger partial charge on any atom is -0.211 e. The van der Waals surface area contributed by atoms with Crippen LogP contribution in [0.5, 0.6) is 0 Å². The maximum absolute atomic E-state index is 13.1. The molecule has 0 radical (unpaired) electrons. The predicted octanol–water partition coefficient (Wildman–Crippen LogP) is 1.65. The Labute approximate surface area is 87.2 Å². The summed E-state index contributed by atoms with van der Waals surface area (Å²) in [4.78, 5) is -0.657. The number of hydrogen-bond acceptors (Lipinski definition) is 2. The summed E-state index contributed by atoms with van der Waals surface area (Å²) >= 11 is 0. The number of hydrogen-bond donors (Lipinski definition) is 1. The molecule has 6 heteroatoms. The normalized spacial score (nSPS) is 11.7. The summed E-state index contributed by atoms with van der Waals surface area (Å²) in [5.74, 6) is -1.74. The van der Waals surface area contributed by atoms with Crippen LogP contribution in [0.4, 0.5) is 8.78 Å². The summed E-state index contributed by atoms with van der Waals surface area (Å²) in [7, 11) is -3.94. The minimum atomic E-state index is -3.94. The molecule has 0 bridgehead atoms. The Morgan fingerprint density at radius 1 is 1.33 bits per heavy atom. The van der Waals surface area contributed by atoms with Gasteiger partial charge in [-0.3, -0.25) is 0 Å². The fraction of sp³-hybridized carbons (Fsp3) is 0.333. The average molecular weight is 235 g/mol. The van der Waals surface area contributed by atoms with Gasteiger partial charge in [-0.2, -0.15) is 0 Å². The van der Waals surface area contributed by atoms with Crippen molar-refractivity contribution in [2.45, 2.75) is 18.2 Å². The van der Waals surface area contributed by atoms with Crippen LogP contribution in [0.3, 0.4) is 0 Å². The first-order chi connectivity index (χ1) is 6.97. The SMILES string of the molecule is CCCNS(=O)(=O)c1cc(F)ccc1F. The van der Waals surface area contributed by atoms with Gasteiger partial charge in [-0.25, -0.2) is 21.9 Å². The molecule has 0 aliphatic heterocycles. The summed E-state index contributed by atoms with van der Waals surface area (Å²) in [6.45, 7) is 1.96. The molecule has 1 rings (SSSR count). The van der Waals surface area contributed by atoms with E-state index >= 15 is 0 Å². The molecule has 0 fully saturated rings. The van der Waals surface area contributed by atoms with Crippen molar-refractivity contribution in [1.82, 2.24) is 4.72 Å². The van der Waals surface area contributed by atoms with Gasteiger partial charge in [0.2, 0.25) is 10.0 Å². The zero-order valence-corrected chi connectivity index (χ0v) is 8.94. The Bertz CT molecular complexity index is 445. The van der Waals surface area contributed by atoms with Gasteiger partial charge >= 0.3 is 0 Å².